The Hall–Kier alpha value is -2.84. The minimum Gasteiger partial charge on any atom is -0.463 e. The molecule has 0 bridgehead atoms. The van der Waals surface area contributed by atoms with Crippen molar-refractivity contribution in [2.75, 3.05) is 44.2 Å². The van der Waals surface area contributed by atoms with Gasteiger partial charge in [-0.1, -0.05) is 24.3 Å². The van der Waals surface area contributed by atoms with Gasteiger partial charge in [-0.15, -0.1) is 11.3 Å². The van der Waals surface area contributed by atoms with Gasteiger partial charge in [0, 0.05) is 49.0 Å². The SMILES string of the molecule is CCOC(=O)C1=C(CN2CCN(c3ccccc3C)CC2)NC(=O)N[C@H]1c1cccs1. The molecule has 1 aromatic heterocycles. The monoisotopic (exact) mass is 440 g/mol. The summed E-state index contributed by atoms with van der Waals surface area (Å²) in [6.07, 6.45) is 0. The summed E-state index contributed by atoms with van der Waals surface area (Å²) >= 11 is 1.51. The first kappa shape index (κ1) is 21.4. The Kier molecular flexibility index (Phi) is 6.58. The van der Waals surface area contributed by atoms with Gasteiger partial charge in [-0.25, -0.2) is 9.59 Å². The number of anilines is 1. The molecule has 2 aromatic rings. The van der Waals surface area contributed by atoms with Crippen LogP contribution in [0, 0.1) is 6.92 Å². The van der Waals surface area contributed by atoms with Crippen LogP contribution in [0.2, 0.25) is 0 Å². The van der Waals surface area contributed by atoms with Crippen molar-refractivity contribution in [3.05, 3.63) is 63.5 Å². The molecular weight excluding hydrogens is 412 g/mol. The van der Waals surface area contributed by atoms with Crippen molar-refractivity contribution in [1.82, 2.24) is 15.5 Å². The summed E-state index contributed by atoms with van der Waals surface area (Å²) in [5, 5.41) is 7.70. The lowest BCUT2D eigenvalue weighted by Gasteiger charge is -2.38. The summed E-state index contributed by atoms with van der Waals surface area (Å²) in [7, 11) is 0. The number of nitrogens with one attached hydrogen (secondary N) is 2. The number of urea groups is 1. The molecule has 1 fully saturated rings. The van der Waals surface area contributed by atoms with Crippen molar-refractivity contribution in [2.24, 2.45) is 0 Å². The average Bonchev–Trinajstić information content (AvgIpc) is 3.29. The van der Waals surface area contributed by atoms with Crippen LogP contribution in [0.15, 0.2) is 53.0 Å². The lowest BCUT2D eigenvalue weighted by atomic mass is 10.0. The van der Waals surface area contributed by atoms with Crippen LogP contribution < -0.4 is 15.5 Å². The van der Waals surface area contributed by atoms with Crippen molar-refractivity contribution >= 4 is 29.0 Å². The van der Waals surface area contributed by atoms with Crippen LogP contribution in [0.1, 0.15) is 23.4 Å². The summed E-state index contributed by atoms with van der Waals surface area (Å²) in [4.78, 5) is 30.8. The zero-order valence-electron chi connectivity index (χ0n) is 17.9. The third kappa shape index (κ3) is 4.75. The van der Waals surface area contributed by atoms with Gasteiger partial charge in [-0.3, -0.25) is 4.90 Å². The van der Waals surface area contributed by atoms with Crippen LogP contribution >= 0.6 is 11.3 Å². The average molecular weight is 441 g/mol. The second-order valence-electron chi connectivity index (χ2n) is 7.71. The third-order valence-electron chi connectivity index (χ3n) is 5.69. The highest BCUT2D eigenvalue weighted by molar-refractivity contribution is 7.10. The van der Waals surface area contributed by atoms with E-state index in [0.29, 0.717) is 17.8 Å². The van der Waals surface area contributed by atoms with Crippen molar-refractivity contribution in [3.8, 4) is 0 Å². The number of amides is 2. The first-order valence-electron chi connectivity index (χ1n) is 10.6. The van der Waals surface area contributed by atoms with Crippen LogP contribution in [-0.2, 0) is 9.53 Å². The van der Waals surface area contributed by atoms with E-state index in [1.54, 1.807) is 6.92 Å². The largest absolute Gasteiger partial charge is 0.463 e. The van der Waals surface area contributed by atoms with Crippen LogP contribution in [0.25, 0.3) is 0 Å². The number of carbonyl (C=O) groups is 2. The summed E-state index contributed by atoms with van der Waals surface area (Å²) in [5.74, 6) is -0.387. The molecule has 2 N–H and O–H groups in total. The first-order valence-corrected chi connectivity index (χ1v) is 11.5. The molecule has 0 unspecified atom stereocenters. The molecule has 0 radical (unpaired) electrons. The van der Waals surface area contributed by atoms with Crippen LogP contribution in [0.5, 0.6) is 0 Å². The second kappa shape index (κ2) is 9.53. The molecule has 4 rings (SSSR count). The molecule has 2 amide bonds. The fourth-order valence-corrected chi connectivity index (χ4v) is 4.93. The number of esters is 1. The molecule has 31 heavy (non-hydrogen) atoms. The Labute approximate surface area is 186 Å². The molecule has 0 spiro atoms. The van der Waals surface area contributed by atoms with E-state index in [2.05, 4.69) is 51.6 Å². The fraction of sp³-hybridized carbons (Fsp3) is 0.391. The number of ether oxygens (including phenoxy) is 1. The summed E-state index contributed by atoms with van der Waals surface area (Å²) in [6.45, 7) is 8.20. The molecule has 2 aliphatic heterocycles. The number of piperazine rings is 1. The van der Waals surface area contributed by atoms with E-state index in [4.69, 9.17) is 4.74 Å². The van der Waals surface area contributed by atoms with Crippen molar-refractivity contribution < 1.29 is 14.3 Å². The van der Waals surface area contributed by atoms with Gasteiger partial charge in [0.2, 0.25) is 0 Å². The maximum absolute atomic E-state index is 12.8. The van der Waals surface area contributed by atoms with Crippen molar-refractivity contribution in [1.29, 1.82) is 0 Å². The predicted octanol–water partition coefficient (Wildman–Crippen LogP) is 3.05. The van der Waals surface area contributed by atoms with Crippen molar-refractivity contribution in [2.45, 2.75) is 19.9 Å². The quantitative estimate of drug-likeness (QED) is 0.676. The molecule has 0 saturated carbocycles. The number of para-hydroxylation sites is 1. The topological polar surface area (TPSA) is 73.9 Å². The minimum atomic E-state index is -0.490. The number of aryl methyl sites for hydroxylation is 1. The van der Waals surface area contributed by atoms with Gasteiger partial charge in [-0.05, 0) is 36.9 Å². The molecular formula is C23H28N4O3S. The van der Waals surface area contributed by atoms with E-state index in [1.807, 2.05) is 17.5 Å². The molecule has 0 aliphatic carbocycles. The van der Waals surface area contributed by atoms with Crippen molar-refractivity contribution in [3.63, 3.8) is 0 Å². The number of carbonyl (C=O) groups excluding carboxylic acids is 2. The molecule has 1 aromatic carbocycles. The van der Waals surface area contributed by atoms with Gasteiger partial charge >= 0.3 is 12.0 Å². The van der Waals surface area contributed by atoms with Crippen LogP contribution in [0.3, 0.4) is 0 Å². The van der Waals surface area contributed by atoms with Gasteiger partial charge in [-0.2, -0.15) is 0 Å². The molecule has 1 saturated heterocycles. The fourth-order valence-electron chi connectivity index (χ4n) is 4.15. The zero-order chi connectivity index (χ0) is 21.8. The Morgan fingerprint density at radius 3 is 2.61 bits per heavy atom. The Morgan fingerprint density at radius 1 is 1.16 bits per heavy atom. The van der Waals surface area contributed by atoms with Gasteiger partial charge in [0.05, 0.1) is 18.2 Å². The first-order chi connectivity index (χ1) is 15.1. The molecule has 1 atom stereocenters. The van der Waals surface area contributed by atoms with E-state index in [-0.39, 0.29) is 18.6 Å². The standard InChI is InChI=1S/C23H28N4O3S/c1-3-30-22(28)20-17(24-23(29)25-21(20)19-9-6-14-31-19)15-26-10-12-27(13-11-26)18-8-5-4-7-16(18)2/h4-9,14,21H,3,10-13,15H2,1-2H3,(H2,24,25,29)/t21-/m0/s1. The highest BCUT2D eigenvalue weighted by Crippen LogP contribution is 2.31. The molecule has 2 aliphatic rings. The molecule has 7 nitrogen and oxygen atoms in total. The van der Waals surface area contributed by atoms with Crippen LogP contribution in [-0.4, -0.2) is 56.2 Å². The summed E-state index contributed by atoms with van der Waals surface area (Å²) in [5.41, 5.74) is 3.66. The van der Waals surface area contributed by atoms with Gasteiger partial charge in [0.15, 0.2) is 0 Å². The molecule has 8 heteroatoms. The third-order valence-corrected chi connectivity index (χ3v) is 6.62. The number of hydrogen-bond acceptors (Lipinski definition) is 6. The zero-order valence-corrected chi connectivity index (χ0v) is 18.7. The highest BCUT2D eigenvalue weighted by atomic mass is 32.1. The number of nitrogens with zero attached hydrogens (tertiary/aromatic N) is 2. The van der Waals surface area contributed by atoms with E-state index < -0.39 is 6.04 Å². The summed E-state index contributed by atoms with van der Waals surface area (Å²) < 4.78 is 5.34. The lowest BCUT2D eigenvalue weighted by Crippen LogP contribution is -2.51. The smallest absolute Gasteiger partial charge is 0.338 e. The van der Waals surface area contributed by atoms with Gasteiger partial charge in [0.1, 0.15) is 0 Å². The Balaban J connectivity index is 1.53. The minimum absolute atomic E-state index is 0.288. The number of rotatable bonds is 6. The second-order valence-corrected chi connectivity index (χ2v) is 8.69. The van der Waals surface area contributed by atoms with E-state index in [9.17, 15) is 9.59 Å². The van der Waals surface area contributed by atoms with Gasteiger partial charge < -0.3 is 20.3 Å². The van der Waals surface area contributed by atoms with Crippen LogP contribution in [0.4, 0.5) is 10.5 Å². The lowest BCUT2D eigenvalue weighted by molar-refractivity contribution is -0.139. The summed E-state index contributed by atoms with van der Waals surface area (Å²) in [6, 6.07) is 11.5. The van der Waals surface area contributed by atoms with E-state index in [1.165, 1.54) is 22.6 Å². The van der Waals surface area contributed by atoms with Gasteiger partial charge in [0.25, 0.3) is 0 Å². The maximum Gasteiger partial charge on any atom is 0.338 e. The Morgan fingerprint density at radius 2 is 1.94 bits per heavy atom. The molecule has 3 heterocycles. The normalized spacial score (nSPS) is 19.7. The van der Waals surface area contributed by atoms with E-state index in [0.717, 1.165) is 31.1 Å². The number of hydrogen-bond donors (Lipinski definition) is 2. The maximum atomic E-state index is 12.8. The number of benzene rings is 1. The van der Waals surface area contributed by atoms with E-state index >= 15 is 0 Å². The highest BCUT2D eigenvalue weighted by Gasteiger charge is 2.35. The Bertz CT molecular complexity index is 965. The predicted molar refractivity (Wildman–Crippen MR) is 122 cm³/mol. The molecule has 164 valence electrons. The number of thiophene rings is 1.